The van der Waals surface area contributed by atoms with Crippen molar-refractivity contribution in [2.24, 2.45) is 0 Å². The Balaban J connectivity index is 1.20. The van der Waals surface area contributed by atoms with Gasteiger partial charge in [-0.2, -0.15) is 0 Å². The smallest absolute Gasteiger partial charge is 0.317 e. The lowest BCUT2D eigenvalue weighted by Crippen LogP contribution is -2.53. The third-order valence-electron chi connectivity index (χ3n) is 4.84. The normalized spacial score (nSPS) is 19.6. The van der Waals surface area contributed by atoms with E-state index < -0.39 is 0 Å². The fraction of sp³-hybridized carbons (Fsp3) is 0.400. The van der Waals surface area contributed by atoms with Crippen LogP contribution in [0.25, 0.3) is 0 Å². The van der Waals surface area contributed by atoms with Crippen LogP contribution >= 0.6 is 0 Å². The highest BCUT2D eigenvalue weighted by Crippen LogP contribution is 2.30. The summed E-state index contributed by atoms with van der Waals surface area (Å²) in [7, 11) is 0. The van der Waals surface area contributed by atoms with Gasteiger partial charge in [0, 0.05) is 45.1 Å². The molecule has 1 aromatic heterocycles. The number of nitrogens with zero attached hydrogens (tertiary/aromatic N) is 3. The first kappa shape index (κ1) is 17.6. The zero-order chi connectivity index (χ0) is 18.5. The molecule has 3 heterocycles. The SMILES string of the molecule is O=C(NCC1COc2ccccc2O1)N1CCN(Cc2cccnc2)CC1. The van der Waals surface area contributed by atoms with Gasteiger partial charge in [0.25, 0.3) is 0 Å². The van der Waals surface area contributed by atoms with E-state index in [1.807, 2.05) is 41.4 Å². The average molecular weight is 368 g/mol. The van der Waals surface area contributed by atoms with Gasteiger partial charge >= 0.3 is 6.03 Å². The summed E-state index contributed by atoms with van der Waals surface area (Å²) in [6, 6.07) is 11.6. The van der Waals surface area contributed by atoms with E-state index in [9.17, 15) is 4.79 Å². The second-order valence-electron chi connectivity index (χ2n) is 6.81. The number of rotatable bonds is 4. The van der Waals surface area contributed by atoms with Crippen LogP contribution in [0.5, 0.6) is 11.5 Å². The summed E-state index contributed by atoms with van der Waals surface area (Å²) in [6.45, 7) is 4.90. The molecule has 2 aliphatic heterocycles. The number of para-hydroxylation sites is 2. The van der Waals surface area contributed by atoms with Crippen LogP contribution in [-0.2, 0) is 6.54 Å². The predicted molar refractivity (Wildman–Crippen MR) is 101 cm³/mol. The molecule has 7 heteroatoms. The van der Waals surface area contributed by atoms with Gasteiger partial charge in [-0.25, -0.2) is 4.79 Å². The van der Waals surface area contributed by atoms with Crippen LogP contribution in [-0.4, -0.2) is 66.2 Å². The molecule has 27 heavy (non-hydrogen) atoms. The highest BCUT2D eigenvalue weighted by molar-refractivity contribution is 5.74. The maximum Gasteiger partial charge on any atom is 0.317 e. The molecule has 1 atom stereocenters. The van der Waals surface area contributed by atoms with Crippen LogP contribution in [0.1, 0.15) is 5.56 Å². The van der Waals surface area contributed by atoms with E-state index in [0.29, 0.717) is 13.2 Å². The van der Waals surface area contributed by atoms with Crippen molar-refractivity contribution in [1.82, 2.24) is 20.1 Å². The Morgan fingerprint density at radius 3 is 2.70 bits per heavy atom. The van der Waals surface area contributed by atoms with Crippen LogP contribution < -0.4 is 14.8 Å². The summed E-state index contributed by atoms with van der Waals surface area (Å²) >= 11 is 0. The van der Waals surface area contributed by atoms with Gasteiger partial charge in [0.2, 0.25) is 0 Å². The summed E-state index contributed by atoms with van der Waals surface area (Å²) in [6.07, 6.45) is 3.50. The number of hydrogen-bond acceptors (Lipinski definition) is 5. The fourth-order valence-electron chi connectivity index (χ4n) is 3.34. The molecule has 142 valence electrons. The van der Waals surface area contributed by atoms with Gasteiger partial charge in [-0.1, -0.05) is 18.2 Å². The Bertz CT molecular complexity index is 763. The number of nitrogens with one attached hydrogen (secondary N) is 1. The van der Waals surface area contributed by atoms with Crippen molar-refractivity contribution >= 4 is 6.03 Å². The Kier molecular flexibility index (Phi) is 5.39. The second-order valence-corrected chi connectivity index (χ2v) is 6.81. The standard InChI is InChI=1S/C20H24N4O3/c25-20(22-13-17-15-26-18-5-1-2-6-19(18)27-17)24-10-8-23(9-11-24)14-16-4-3-7-21-12-16/h1-7,12,17H,8-11,13-15H2,(H,22,25). The van der Waals surface area contributed by atoms with Crippen molar-refractivity contribution in [2.75, 3.05) is 39.3 Å². The molecule has 1 aromatic carbocycles. The van der Waals surface area contributed by atoms with Crippen molar-refractivity contribution < 1.29 is 14.3 Å². The first-order valence-corrected chi connectivity index (χ1v) is 9.30. The number of piperazine rings is 1. The third kappa shape index (κ3) is 4.49. The number of carbonyl (C=O) groups is 1. The molecule has 7 nitrogen and oxygen atoms in total. The molecule has 1 fully saturated rings. The topological polar surface area (TPSA) is 66.9 Å². The summed E-state index contributed by atoms with van der Waals surface area (Å²) < 4.78 is 11.6. The minimum absolute atomic E-state index is 0.0431. The van der Waals surface area contributed by atoms with Gasteiger partial charge in [-0.05, 0) is 23.8 Å². The van der Waals surface area contributed by atoms with Crippen molar-refractivity contribution in [3.63, 3.8) is 0 Å². The van der Waals surface area contributed by atoms with Gasteiger partial charge in [0.15, 0.2) is 17.6 Å². The van der Waals surface area contributed by atoms with E-state index in [-0.39, 0.29) is 12.1 Å². The van der Waals surface area contributed by atoms with E-state index >= 15 is 0 Å². The molecule has 0 bridgehead atoms. The quantitative estimate of drug-likeness (QED) is 0.891. The van der Waals surface area contributed by atoms with E-state index in [1.165, 1.54) is 5.56 Å². The number of aromatic nitrogens is 1. The van der Waals surface area contributed by atoms with Crippen LogP contribution in [0.2, 0.25) is 0 Å². The van der Waals surface area contributed by atoms with Gasteiger partial charge in [-0.15, -0.1) is 0 Å². The van der Waals surface area contributed by atoms with Crippen LogP contribution in [0.15, 0.2) is 48.8 Å². The van der Waals surface area contributed by atoms with Crippen LogP contribution in [0, 0.1) is 0 Å². The molecule has 4 rings (SSSR count). The molecule has 1 saturated heterocycles. The average Bonchev–Trinajstić information content (AvgIpc) is 2.73. The number of hydrogen-bond donors (Lipinski definition) is 1. The Morgan fingerprint density at radius 1 is 1.11 bits per heavy atom. The molecule has 0 radical (unpaired) electrons. The van der Waals surface area contributed by atoms with E-state index in [1.54, 1.807) is 6.20 Å². The maximum atomic E-state index is 12.4. The predicted octanol–water partition coefficient (Wildman–Crippen LogP) is 1.75. The lowest BCUT2D eigenvalue weighted by atomic mass is 10.2. The lowest BCUT2D eigenvalue weighted by molar-refractivity contribution is 0.0877. The highest BCUT2D eigenvalue weighted by atomic mass is 16.6. The maximum absolute atomic E-state index is 12.4. The number of pyridine rings is 1. The minimum atomic E-state index is -0.171. The molecule has 1 N–H and O–H groups in total. The summed E-state index contributed by atoms with van der Waals surface area (Å²) in [5, 5.41) is 2.97. The number of fused-ring (bicyclic) bond motifs is 1. The van der Waals surface area contributed by atoms with Crippen molar-refractivity contribution in [1.29, 1.82) is 0 Å². The van der Waals surface area contributed by atoms with Crippen molar-refractivity contribution in [2.45, 2.75) is 12.6 Å². The van der Waals surface area contributed by atoms with Crippen molar-refractivity contribution in [3.05, 3.63) is 54.4 Å². The molecule has 2 amide bonds. The van der Waals surface area contributed by atoms with E-state index in [2.05, 4.69) is 21.3 Å². The van der Waals surface area contributed by atoms with E-state index in [4.69, 9.17) is 9.47 Å². The van der Waals surface area contributed by atoms with Gasteiger partial charge < -0.3 is 19.7 Å². The second kappa shape index (κ2) is 8.26. The first-order chi connectivity index (χ1) is 13.3. The zero-order valence-corrected chi connectivity index (χ0v) is 15.2. The van der Waals surface area contributed by atoms with E-state index in [0.717, 1.165) is 44.2 Å². The Hall–Kier alpha value is -2.80. The molecule has 2 aliphatic rings. The molecule has 1 unspecified atom stereocenters. The molecule has 0 saturated carbocycles. The van der Waals surface area contributed by atoms with Crippen molar-refractivity contribution in [3.8, 4) is 11.5 Å². The summed E-state index contributed by atoms with van der Waals surface area (Å²) in [4.78, 5) is 20.8. The minimum Gasteiger partial charge on any atom is -0.486 e. The van der Waals surface area contributed by atoms with Gasteiger partial charge in [-0.3, -0.25) is 9.88 Å². The van der Waals surface area contributed by atoms with Crippen LogP contribution in [0.4, 0.5) is 4.79 Å². The lowest BCUT2D eigenvalue weighted by Gasteiger charge is -2.35. The van der Waals surface area contributed by atoms with Gasteiger partial charge in [0.05, 0.1) is 6.54 Å². The fourth-order valence-corrected chi connectivity index (χ4v) is 3.34. The summed E-state index contributed by atoms with van der Waals surface area (Å²) in [5.74, 6) is 1.48. The molecule has 0 spiro atoms. The Labute approximate surface area is 158 Å². The largest absolute Gasteiger partial charge is 0.486 e. The number of amides is 2. The highest BCUT2D eigenvalue weighted by Gasteiger charge is 2.24. The molecule has 2 aromatic rings. The number of benzene rings is 1. The monoisotopic (exact) mass is 368 g/mol. The number of urea groups is 1. The number of ether oxygens (including phenoxy) is 2. The molecular formula is C20H24N4O3. The first-order valence-electron chi connectivity index (χ1n) is 9.30. The van der Waals surface area contributed by atoms with Gasteiger partial charge in [0.1, 0.15) is 6.61 Å². The van der Waals surface area contributed by atoms with Crippen LogP contribution in [0.3, 0.4) is 0 Å². The summed E-state index contributed by atoms with van der Waals surface area (Å²) in [5.41, 5.74) is 1.20. The molecular weight excluding hydrogens is 344 g/mol. The molecule has 0 aliphatic carbocycles. The number of carbonyl (C=O) groups excluding carboxylic acids is 1. The third-order valence-corrected chi connectivity index (χ3v) is 4.84. The zero-order valence-electron chi connectivity index (χ0n) is 15.2. The Morgan fingerprint density at radius 2 is 1.93 bits per heavy atom.